The number of hydrogen-bond donors (Lipinski definition) is 0. The van der Waals surface area contributed by atoms with Crippen LogP contribution in [0.3, 0.4) is 0 Å². The lowest BCUT2D eigenvalue weighted by atomic mass is 10.1. The normalized spacial score (nSPS) is 10.5. The predicted molar refractivity (Wildman–Crippen MR) is 60.1 cm³/mol. The van der Waals surface area contributed by atoms with Gasteiger partial charge >= 0.3 is 0 Å². The summed E-state index contributed by atoms with van der Waals surface area (Å²) in [7, 11) is 0. The van der Waals surface area contributed by atoms with Crippen molar-refractivity contribution in [2.24, 2.45) is 0 Å². The quantitative estimate of drug-likeness (QED) is 0.796. The van der Waals surface area contributed by atoms with E-state index in [1.54, 1.807) is 12.1 Å². The zero-order valence-corrected chi connectivity index (χ0v) is 9.55. The number of halogens is 1. The van der Waals surface area contributed by atoms with E-state index in [-0.39, 0.29) is 17.4 Å². The molecule has 0 aliphatic carbocycles. The first-order valence-corrected chi connectivity index (χ1v) is 5.25. The van der Waals surface area contributed by atoms with Gasteiger partial charge in [-0.15, -0.1) is 5.10 Å². The fourth-order valence-electron chi connectivity index (χ4n) is 1.69. The van der Waals surface area contributed by atoms with Crippen LogP contribution in [0, 0.1) is 17.1 Å². The second-order valence-electron chi connectivity index (χ2n) is 3.98. The Bertz CT molecular complexity index is 580. The molecule has 4 nitrogen and oxygen atoms in total. The fourth-order valence-corrected chi connectivity index (χ4v) is 1.69. The van der Waals surface area contributed by atoms with Gasteiger partial charge in [0.1, 0.15) is 11.9 Å². The SMILES string of the molecule is CC(C)c1c(C#N)nnn1-c1cccc(F)c1. The van der Waals surface area contributed by atoms with Gasteiger partial charge in [0.15, 0.2) is 5.69 Å². The van der Waals surface area contributed by atoms with Gasteiger partial charge in [0.05, 0.1) is 11.4 Å². The number of hydrogen-bond acceptors (Lipinski definition) is 3. The van der Waals surface area contributed by atoms with Crippen LogP contribution in [0.5, 0.6) is 0 Å². The molecule has 5 heteroatoms. The van der Waals surface area contributed by atoms with Gasteiger partial charge in [-0.05, 0) is 24.1 Å². The Morgan fingerprint density at radius 1 is 1.41 bits per heavy atom. The van der Waals surface area contributed by atoms with Gasteiger partial charge in [0.2, 0.25) is 0 Å². The summed E-state index contributed by atoms with van der Waals surface area (Å²) < 4.78 is 14.7. The monoisotopic (exact) mass is 230 g/mol. The second-order valence-corrected chi connectivity index (χ2v) is 3.98. The third-order valence-corrected chi connectivity index (χ3v) is 2.41. The van der Waals surface area contributed by atoms with Crippen LogP contribution in [0.1, 0.15) is 31.2 Å². The first-order chi connectivity index (χ1) is 8.13. The van der Waals surface area contributed by atoms with Crippen LogP contribution in [-0.4, -0.2) is 15.0 Å². The first-order valence-electron chi connectivity index (χ1n) is 5.25. The fraction of sp³-hybridized carbons (Fsp3) is 0.250. The average molecular weight is 230 g/mol. The standard InChI is InChI=1S/C12H11FN4/c1-8(2)12-11(7-14)15-16-17(12)10-5-3-4-9(13)6-10/h3-6,8H,1-2H3. The molecule has 1 aromatic heterocycles. The van der Waals surface area contributed by atoms with Crippen molar-refractivity contribution in [1.29, 1.82) is 5.26 Å². The molecule has 0 spiro atoms. The molecule has 0 bridgehead atoms. The third kappa shape index (κ3) is 2.02. The summed E-state index contributed by atoms with van der Waals surface area (Å²) in [6.45, 7) is 3.88. The highest BCUT2D eigenvalue weighted by Gasteiger charge is 2.17. The van der Waals surface area contributed by atoms with Gasteiger partial charge in [-0.3, -0.25) is 0 Å². The molecule has 0 saturated carbocycles. The lowest BCUT2D eigenvalue weighted by molar-refractivity contribution is 0.622. The van der Waals surface area contributed by atoms with E-state index in [1.807, 2.05) is 19.9 Å². The summed E-state index contributed by atoms with van der Waals surface area (Å²) in [4.78, 5) is 0. The van der Waals surface area contributed by atoms with Crippen molar-refractivity contribution in [3.63, 3.8) is 0 Å². The van der Waals surface area contributed by atoms with Gasteiger partial charge in [0, 0.05) is 0 Å². The number of nitrogens with zero attached hydrogens (tertiary/aromatic N) is 4. The molecular weight excluding hydrogens is 219 g/mol. The molecule has 0 fully saturated rings. The molecule has 86 valence electrons. The molecule has 0 radical (unpaired) electrons. The van der Waals surface area contributed by atoms with Gasteiger partial charge in [-0.25, -0.2) is 9.07 Å². The van der Waals surface area contributed by atoms with Crippen LogP contribution in [0.4, 0.5) is 4.39 Å². The Morgan fingerprint density at radius 2 is 2.18 bits per heavy atom. The Labute approximate surface area is 98.3 Å². The number of nitriles is 1. The van der Waals surface area contributed by atoms with E-state index in [4.69, 9.17) is 5.26 Å². The van der Waals surface area contributed by atoms with Crippen molar-refractivity contribution in [3.8, 4) is 11.8 Å². The summed E-state index contributed by atoms with van der Waals surface area (Å²) in [5.41, 5.74) is 1.55. The highest BCUT2D eigenvalue weighted by atomic mass is 19.1. The van der Waals surface area contributed by atoms with Crippen LogP contribution in [-0.2, 0) is 0 Å². The van der Waals surface area contributed by atoms with Gasteiger partial charge in [-0.2, -0.15) is 5.26 Å². The van der Waals surface area contributed by atoms with Gasteiger partial charge in [0.25, 0.3) is 0 Å². The molecular formula is C12H11FN4. The molecule has 0 unspecified atom stereocenters. The predicted octanol–water partition coefficient (Wildman–Crippen LogP) is 2.40. The summed E-state index contributed by atoms with van der Waals surface area (Å²) in [6, 6.07) is 8.04. The number of rotatable bonds is 2. The maximum Gasteiger partial charge on any atom is 0.186 e. The Kier molecular flexibility index (Phi) is 2.88. The topological polar surface area (TPSA) is 54.5 Å². The maximum absolute atomic E-state index is 13.1. The van der Waals surface area contributed by atoms with Crippen LogP contribution in [0.15, 0.2) is 24.3 Å². The Morgan fingerprint density at radius 3 is 2.76 bits per heavy atom. The van der Waals surface area contributed by atoms with Crippen molar-refractivity contribution in [2.45, 2.75) is 19.8 Å². The molecule has 0 atom stereocenters. The van der Waals surface area contributed by atoms with Crippen molar-refractivity contribution in [2.75, 3.05) is 0 Å². The zero-order chi connectivity index (χ0) is 12.4. The van der Waals surface area contributed by atoms with E-state index in [1.165, 1.54) is 16.8 Å². The Balaban J connectivity index is 2.61. The van der Waals surface area contributed by atoms with E-state index in [2.05, 4.69) is 10.3 Å². The highest BCUT2D eigenvalue weighted by molar-refractivity contribution is 5.37. The summed E-state index contributed by atoms with van der Waals surface area (Å²) in [5, 5.41) is 16.6. The van der Waals surface area contributed by atoms with Crippen LogP contribution >= 0.6 is 0 Å². The highest BCUT2D eigenvalue weighted by Crippen LogP contribution is 2.21. The van der Waals surface area contributed by atoms with Crippen LogP contribution in [0.2, 0.25) is 0 Å². The first kappa shape index (κ1) is 11.3. The number of aromatic nitrogens is 3. The van der Waals surface area contributed by atoms with Crippen LogP contribution < -0.4 is 0 Å². The molecule has 0 amide bonds. The minimum Gasteiger partial charge on any atom is -0.216 e. The lowest BCUT2D eigenvalue weighted by Gasteiger charge is -2.08. The van der Waals surface area contributed by atoms with E-state index in [0.29, 0.717) is 11.4 Å². The summed E-state index contributed by atoms with van der Waals surface area (Å²) >= 11 is 0. The van der Waals surface area contributed by atoms with Crippen molar-refractivity contribution < 1.29 is 4.39 Å². The lowest BCUT2D eigenvalue weighted by Crippen LogP contribution is -2.05. The maximum atomic E-state index is 13.1. The molecule has 0 N–H and O–H groups in total. The molecule has 2 aromatic rings. The average Bonchev–Trinajstić information content (AvgIpc) is 2.72. The molecule has 0 aliphatic heterocycles. The third-order valence-electron chi connectivity index (χ3n) is 2.41. The molecule has 0 saturated heterocycles. The molecule has 17 heavy (non-hydrogen) atoms. The van der Waals surface area contributed by atoms with E-state index in [9.17, 15) is 4.39 Å². The summed E-state index contributed by atoms with van der Waals surface area (Å²) in [6.07, 6.45) is 0. The van der Waals surface area contributed by atoms with E-state index < -0.39 is 0 Å². The summed E-state index contributed by atoms with van der Waals surface area (Å²) in [5.74, 6) is -0.255. The minimum atomic E-state index is -0.341. The molecule has 1 aromatic carbocycles. The molecule has 1 heterocycles. The van der Waals surface area contributed by atoms with Crippen molar-refractivity contribution in [1.82, 2.24) is 15.0 Å². The van der Waals surface area contributed by atoms with Crippen LogP contribution in [0.25, 0.3) is 5.69 Å². The smallest absolute Gasteiger partial charge is 0.186 e. The second kappa shape index (κ2) is 4.34. The van der Waals surface area contributed by atoms with E-state index >= 15 is 0 Å². The number of benzene rings is 1. The van der Waals surface area contributed by atoms with E-state index in [0.717, 1.165) is 0 Å². The van der Waals surface area contributed by atoms with Gasteiger partial charge < -0.3 is 0 Å². The van der Waals surface area contributed by atoms with Crippen molar-refractivity contribution >= 4 is 0 Å². The largest absolute Gasteiger partial charge is 0.216 e. The minimum absolute atomic E-state index is 0.0860. The van der Waals surface area contributed by atoms with Crippen molar-refractivity contribution in [3.05, 3.63) is 41.5 Å². The molecule has 0 aliphatic rings. The molecule has 2 rings (SSSR count). The zero-order valence-electron chi connectivity index (χ0n) is 9.55. The Hall–Kier alpha value is -2.22. The van der Waals surface area contributed by atoms with Gasteiger partial charge in [-0.1, -0.05) is 25.1 Å².